The van der Waals surface area contributed by atoms with Crippen LogP contribution in [0, 0.1) is 16.0 Å². The third kappa shape index (κ3) is 3.20. The van der Waals surface area contributed by atoms with Gasteiger partial charge in [0.25, 0.3) is 5.69 Å². The van der Waals surface area contributed by atoms with E-state index in [1.807, 2.05) is 0 Å². The molecular formula is C12H15BrN2O3. The Balaban J connectivity index is 2.02. The van der Waals surface area contributed by atoms with Gasteiger partial charge in [-0.3, -0.25) is 10.1 Å². The second kappa shape index (κ2) is 5.67. The summed E-state index contributed by atoms with van der Waals surface area (Å²) in [6.07, 6.45) is 2.36. The normalized spacial score (nSPS) is 23.0. The molecule has 1 fully saturated rings. The zero-order chi connectivity index (χ0) is 13.1. The van der Waals surface area contributed by atoms with E-state index in [9.17, 15) is 15.2 Å². The Kier molecular flexibility index (Phi) is 4.19. The van der Waals surface area contributed by atoms with Crippen LogP contribution in [0.5, 0.6) is 0 Å². The summed E-state index contributed by atoms with van der Waals surface area (Å²) >= 11 is 3.22. The molecule has 2 rings (SSSR count). The summed E-state index contributed by atoms with van der Waals surface area (Å²) in [5.41, 5.74) is 0.604. The van der Waals surface area contributed by atoms with Gasteiger partial charge in [0.1, 0.15) is 5.69 Å². The Labute approximate surface area is 113 Å². The number of nitrogens with one attached hydrogen (secondary N) is 1. The predicted octanol–water partition coefficient (Wildman–Crippen LogP) is 2.93. The average molecular weight is 315 g/mol. The molecular weight excluding hydrogens is 300 g/mol. The van der Waals surface area contributed by atoms with E-state index in [2.05, 4.69) is 21.2 Å². The maximum atomic E-state index is 10.9. The van der Waals surface area contributed by atoms with Crippen molar-refractivity contribution in [3.8, 4) is 0 Å². The quantitative estimate of drug-likeness (QED) is 0.662. The first-order valence-electron chi connectivity index (χ1n) is 5.92. The molecule has 0 bridgehead atoms. The van der Waals surface area contributed by atoms with Crippen molar-refractivity contribution in [2.24, 2.45) is 5.92 Å². The lowest BCUT2D eigenvalue weighted by Crippen LogP contribution is -2.13. The highest BCUT2D eigenvalue weighted by Gasteiger charge is 2.23. The molecule has 0 spiro atoms. The zero-order valence-corrected chi connectivity index (χ0v) is 11.4. The van der Waals surface area contributed by atoms with Gasteiger partial charge in [-0.25, -0.2) is 0 Å². The number of hydrogen-bond acceptors (Lipinski definition) is 4. The van der Waals surface area contributed by atoms with Crippen molar-refractivity contribution in [1.82, 2.24) is 0 Å². The number of benzene rings is 1. The standard InChI is InChI=1S/C12H15BrN2O3/c13-9-2-4-11(12(6-9)15(17)18)14-7-8-1-3-10(16)5-8/h2,4,6,8,10,14,16H,1,3,5,7H2. The average Bonchev–Trinajstić information content (AvgIpc) is 2.73. The lowest BCUT2D eigenvalue weighted by Gasteiger charge is -2.12. The number of hydrogen-bond donors (Lipinski definition) is 2. The third-order valence-electron chi connectivity index (χ3n) is 3.25. The molecule has 2 unspecified atom stereocenters. The maximum absolute atomic E-state index is 10.9. The van der Waals surface area contributed by atoms with Crippen LogP contribution in [0.4, 0.5) is 11.4 Å². The molecule has 0 heterocycles. The van der Waals surface area contributed by atoms with Crippen LogP contribution in [-0.4, -0.2) is 22.7 Å². The number of nitrogens with zero attached hydrogens (tertiary/aromatic N) is 1. The van der Waals surface area contributed by atoms with E-state index in [0.29, 0.717) is 22.6 Å². The summed E-state index contributed by atoms with van der Waals surface area (Å²) in [7, 11) is 0. The van der Waals surface area contributed by atoms with E-state index < -0.39 is 4.92 Å². The van der Waals surface area contributed by atoms with E-state index in [0.717, 1.165) is 19.3 Å². The molecule has 6 heteroatoms. The molecule has 18 heavy (non-hydrogen) atoms. The summed E-state index contributed by atoms with van der Waals surface area (Å²) in [5.74, 6) is 0.392. The highest BCUT2D eigenvalue weighted by Crippen LogP contribution is 2.30. The first-order valence-corrected chi connectivity index (χ1v) is 6.71. The van der Waals surface area contributed by atoms with E-state index in [1.165, 1.54) is 6.07 Å². The van der Waals surface area contributed by atoms with Crippen LogP contribution in [0.25, 0.3) is 0 Å². The second-order valence-electron chi connectivity index (χ2n) is 4.63. The lowest BCUT2D eigenvalue weighted by molar-refractivity contribution is -0.384. The van der Waals surface area contributed by atoms with Crippen molar-refractivity contribution in [2.45, 2.75) is 25.4 Å². The molecule has 2 atom stereocenters. The minimum atomic E-state index is -0.392. The highest BCUT2D eigenvalue weighted by molar-refractivity contribution is 9.10. The van der Waals surface area contributed by atoms with Crippen molar-refractivity contribution < 1.29 is 10.0 Å². The molecule has 1 aromatic rings. The number of halogens is 1. The molecule has 0 radical (unpaired) electrons. The van der Waals surface area contributed by atoms with E-state index in [-0.39, 0.29) is 11.8 Å². The molecule has 1 aliphatic rings. The van der Waals surface area contributed by atoms with Gasteiger partial charge in [-0.05, 0) is 37.3 Å². The Hall–Kier alpha value is -1.14. The third-order valence-corrected chi connectivity index (χ3v) is 3.74. The molecule has 5 nitrogen and oxygen atoms in total. The van der Waals surface area contributed by atoms with Crippen molar-refractivity contribution in [2.75, 3.05) is 11.9 Å². The highest BCUT2D eigenvalue weighted by atomic mass is 79.9. The van der Waals surface area contributed by atoms with Crippen molar-refractivity contribution in [3.05, 3.63) is 32.8 Å². The zero-order valence-electron chi connectivity index (χ0n) is 9.80. The molecule has 0 saturated heterocycles. The van der Waals surface area contributed by atoms with Crippen LogP contribution in [0.15, 0.2) is 22.7 Å². The van der Waals surface area contributed by atoms with E-state index in [4.69, 9.17) is 0 Å². The van der Waals surface area contributed by atoms with Gasteiger partial charge in [-0.1, -0.05) is 15.9 Å². The Morgan fingerprint density at radius 2 is 2.28 bits per heavy atom. The number of nitro groups is 1. The number of nitro benzene ring substituents is 1. The van der Waals surface area contributed by atoms with Gasteiger partial charge in [0.2, 0.25) is 0 Å². The summed E-state index contributed by atoms with van der Waals surface area (Å²) in [6.45, 7) is 0.666. The molecule has 1 aliphatic carbocycles. The Morgan fingerprint density at radius 3 is 2.89 bits per heavy atom. The van der Waals surface area contributed by atoms with Gasteiger partial charge in [0.05, 0.1) is 11.0 Å². The topological polar surface area (TPSA) is 75.4 Å². The molecule has 0 aliphatic heterocycles. The van der Waals surface area contributed by atoms with Crippen LogP contribution in [-0.2, 0) is 0 Å². The number of aliphatic hydroxyl groups excluding tert-OH is 1. The first-order chi connectivity index (χ1) is 8.56. The largest absolute Gasteiger partial charge is 0.393 e. The fourth-order valence-electron chi connectivity index (χ4n) is 2.29. The smallest absolute Gasteiger partial charge is 0.293 e. The van der Waals surface area contributed by atoms with Crippen molar-refractivity contribution in [3.63, 3.8) is 0 Å². The Bertz CT molecular complexity index is 453. The van der Waals surface area contributed by atoms with E-state index in [1.54, 1.807) is 12.1 Å². The summed E-state index contributed by atoms with van der Waals surface area (Å²) in [6, 6.07) is 4.97. The summed E-state index contributed by atoms with van der Waals surface area (Å²) in [5, 5.41) is 23.5. The van der Waals surface area contributed by atoms with Crippen LogP contribution < -0.4 is 5.32 Å². The fourth-order valence-corrected chi connectivity index (χ4v) is 2.64. The fraction of sp³-hybridized carbons (Fsp3) is 0.500. The molecule has 1 aromatic carbocycles. The second-order valence-corrected chi connectivity index (χ2v) is 5.55. The minimum absolute atomic E-state index is 0.0721. The summed E-state index contributed by atoms with van der Waals surface area (Å²) < 4.78 is 0.691. The van der Waals surface area contributed by atoms with E-state index >= 15 is 0 Å². The lowest BCUT2D eigenvalue weighted by atomic mass is 10.1. The molecule has 1 saturated carbocycles. The monoisotopic (exact) mass is 314 g/mol. The number of aliphatic hydroxyl groups is 1. The molecule has 98 valence electrons. The van der Waals surface area contributed by atoms with Crippen LogP contribution in [0.2, 0.25) is 0 Å². The van der Waals surface area contributed by atoms with Crippen LogP contribution in [0.3, 0.4) is 0 Å². The molecule has 0 amide bonds. The van der Waals surface area contributed by atoms with Gasteiger partial charge >= 0.3 is 0 Å². The van der Waals surface area contributed by atoms with Gasteiger partial charge in [-0.2, -0.15) is 0 Å². The minimum Gasteiger partial charge on any atom is -0.393 e. The Morgan fingerprint density at radius 1 is 1.50 bits per heavy atom. The first kappa shape index (κ1) is 13.3. The van der Waals surface area contributed by atoms with Gasteiger partial charge in [-0.15, -0.1) is 0 Å². The number of anilines is 1. The summed E-state index contributed by atoms with van der Waals surface area (Å²) in [4.78, 5) is 10.5. The van der Waals surface area contributed by atoms with Crippen LogP contribution >= 0.6 is 15.9 Å². The maximum Gasteiger partial charge on any atom is 0.293 e. The van der Waals surface area contributed by atoms with Gasteiger partial charge < -0.3 is 10.4 Å². The van der Waals surface area contributed by atoms with Crippen LogP contribution in [0.1, 0.15) is 19.3 Å². The number of rotatable bonds is 4. The SMILES string of the molecule is O=[N+]([O-])c1cc(Br)ccc1NCC1CCC(O)C1. The van der Waals surface area contributed by atoms with Gasteiger partial charge in [0.15, 0.2) is 0 Å². The van der Waals surface area contributed by atoms with Crippen molar-refractivity contribution in [1.29, 1.82) is 0 Å². The molecule has 0 aromatic heterocycles. The molecule has 2 N–H and O–H groups in total. The predicted molar refractivity (Wildman–Crippen MR) is 72.6 cm³/mol. The van der Waals surface area contributed by atoms with Gasteiger partial charge in [0, 0.05) is 17.1 Å². The van der Waals surface area contributed by atoms with Crippen molar-refractivity contribution >= 4 is 27.3 Å².